The van der Waals surface area contributed by atoms with Gasteiger partial charge in [-0.1, -0.05) is 36.0 Å². The van der Waals surface area contributed by atoms with Gasteiger partial charge in [-0.3, -0.25) is 9.20 Å². The zero-order valence-corrected chi connectivity index (χ0v) is 16.8. The first kappa shape index (κ1) is 18.0. The van der Waals surface area contributed by atoms with Crippen molar-refractivity contribution in [3.63, 3.8) is 0 Å². The van der Waals surface area contributed by atoms with Crippen LogP contribution in [0.3, 0.4) is 0 Å². The van der Waals surface area contributed by atoms with Gasteiger partial charge in [-0.25, -0.2) is 0 Å². The van der Waals surface area contributed by atoms with Crippen LogP contribution in [0.25, 0.3) is 16.6 Å². The van der Waals surface area contributed by atoms with Gasteiger partial charge in [-0.15, -0.1) is 21.5 Å². The lowest BCUT2D eigenvalue weighted by molar-refractivity contribution is -0.120. The summed E-state index contributed by atoms with van der Waals surface area (Å²) >= 11 is 3.15. The summed E-state index contributed by atoms with van der Waals surface area (Å²) in [6.45, 7) is 4.63. The molecule has 1 amide bonds. The summed E-state index contributed by atoms with van der Waals surface area (Å²) in [5.41, 5.74) is 3.03. The standard InChI is InChI=1S/C20H20N4OS2/c1-13-12-18-22-23-20(24(18)17-8-4-3-7-16(13)17)27-14(2)19(25)21-10-9-15-6-5-11-26-15/h3-8,11-12,14H,9-10H2,1-2H3,(H,21,25)/t14-/m1/s1. The van der Waals surface area contributed by atoms with Gasteiger partial charge >= 0.3 is 0 Å². The number of aryl methyl sites for hydroxylation is 1. The quantitative estimate of drug-likeness (QED) is 0.499. The fraction of sp³-hybridized carbons (Fsp3) is 0.250. The molecule has 0 aliphatic heterocycles. The number of thioether (sulfide) groups is 1. The Kier molecular flexibility index (Phi) is 5.13. The Balaban J connectivity index is 1.51. The topological polar surface area (TPSA) is 59.3 Å². The van der Waals surface area contributed by atoms with Gasteiger partial charge in [0.2, 0.25) is 5.91 Å². The second-order valence-electron chi connectivity index (χ2n) is 6.40. The molecule has 7 heteroatoms. The van der Waals surface area contributed by atoms with E-state index < -0.39 is 0 Å². The molecule has 0 spiro atoms. The van der Waals surface area contributed by atoms with Gasteiger partial charge in [-0.2, -0.15) is 0 Å². The zero-order valence-electron chi connectivity index (χ0n) is 15.2. The van der Waals surface area contributed by atoms with Gasteiger partial charge in [0.1, 0.15) is 0 Å². The normalized spacial score (nSPS) is 12.5. The Hall–Kier alpha value is -2.38. The Labute approximate surface area is 165 Å². The average Bonchev–Trinajstić information content (AvgIpc) is 3.32. The molecule has 0 bridgehead atoms. The molecule has 0 radical (unpaired) electrons. The average molecular weight is 397 g/mol. The maximum absolute atomic E-state index is 12.5. The van der Waals surface area contributed by atoms with Crippen LogP contribution in [0, 0.1) is 6.92 Å². The van der Waals surface area contributed by atoms with Crippen molar-refractivity contribution in [3.05, 3.63) is 58.3 Å². The Morgan fingerprint density at radius 2 is 2.11 bits per heavy atom. The summed E-state index contributed by atoms with van der Waals surface area (Å²) in [6.07, 6.45) is 0.860. The van der Waals surface area contributed by atoms with Gasteiger partial charge in [-0.05, 0) is 49.4 Å². The van der Waals surface area contributed by atoms with Crippen molar-refractivity contribution >= 4 is 45.6 Å². The summed E-state index contributed by atoms with van der Waals surface area (Å²) in [7, 11) is 0. The van der Waals surface area contributed by atoms with Crippen LogP contribution >= 0.6 is 23.1 Å². The minimum absolute atomic E-state index is 0.0183. The van der Waals surface area contributed by atoms with Crippen LogP contribution in [0.5, 0.6) is 0 Å². The first-order valence-electron chi connectivity index (χ1n) is 8.83. The predicted molar refractivity (Wildman–Crippen MR) is 112 cm³/mol. The van der Waals surface area contributed by atoms with E-state index in [4.69, 9.17) is 0 Å². The third kappa shape index (κ3) is 3.70. The zero-order chi connectivity index (χ0) is 18.8. The third-order valence-electron chi connectivity index (χ3n) is 4.48. The molecule has 1 N–H and O–H groups in total. The van der Waals surface area contributed by atoms with Crippen molar-refractivity contribution in [2.75, 3.05) is 6.54 Å². The first-order valence-corrected chi connectivity index (χ1v) is 10.6. The Morgan fingerprint density at radius 1 is 1.26 bits per heavy atom. The number of para-hydroxylation sites is 1. The van der Waals surface area contributed by atoms with E-state index in [0.717, 1.165) is 22.7 Å². The number of pyridine rings is 1. The molecule has 5 nitrogen and oxygen atoms in total. The summed E-state index contributed by atoms with van der Waals surface area (Å²) < 4.78 is 2.03. The smallest absolute Gasteiger partial charge is 0.233 e. The van der Waals surface area contributed by atoms with E-state index in [9.17, 15) is 4.79 Å². The lowest BCUT2D eigenvalue weighted by Crippen LogP contribution is -2.32. The number of benzene rings is 1. The molecule has 4 rings (SSSR count). The Morgan fingerprint density at radius 3 is 2.93 bits per heavy atom. The van der Waals surface area contributed by atoms with Crippen LogP contribution < -0.4 is 5.32 Å². The summed E-state index contributed by atoms with van der Waals surface area (Å²) in [6, 6.07) is 14.4. The molecule has 0 unspecified atom stereocenters. The van der Waals surface area contributed by atoms with Crippen LogP contribution in [0.15, 0.2) is 53.0 Å². The van der Waals surface area contributed by atoms with Crippen molar-refractivity contribution < 1.29 is 4.79 Å². The highest BCUT2D eigenvalue weighted by atomic mass is 32.2. The summed E-state index contributed by atoms with van der Waals surface area (Å²) in [4.78, 5) is 13.7. The van der Waals surface area contributed by atoms with Gasteiger partial charge in [0.05, 0.1) is 10.8 Å². The number of aromatic nitrogens is 3. The number of rotatable bonds is 6. The maximum Gasteiger partial charge on any atom is 0.233 e. The van der Waals surface area contributed by atoms with Crippen LogP contribution in [0.1, 0.15) is 17.4 Å². The molecule has 0 saturated heterocycles. The van der Waals surface area contributed by atoms with Crippen molar-refractivity contribution in [2.24, 2.45) is 0 Å². The molecule has 27 heavy (non-hydrogen) atoms. The minimum atomic E-state index is -0.249. The number of fused-ring (bicyclic) bond motifs is 3. The monoisotopic (exact) mass is 396 g/mol. The lowest BCUT2D eigenvalue weighted by atomic mass is 10.1. The highest BCUT2D eigenvalue weighted by molar-refractivity contribution is 8.00. The first-order chi connectivity index (χ1) is 13.1. The number of thiophene rings is 1. The van der Waals surface area contributed by atoms with E-state index in [1.807, 2.05) is 35.6 Å². The number of nitrogens with one attached hydrogen (secondary N) is 1. The van der Waals surface area contributed by atoms with E-state index in [0.29, 0.717) is 6.54 Å². The maximum atomic E-state index is 12.5. The van der Waals surface area contributed by atoms with Crippen LogP contribution in [0.4, 0.5) is 0 Å². The molecule has 0 saturated carbocycles. The van der Waals surface area contributed by atoms with Crippen LogP contribution in [-0.4, -0.2) is 32.3 Å². The molecule has 3 aromatic heterocycles. The van der Waals surface area contributed by atoms with Crippen molar-refractivity contribution in [1.82, 2.24) is 19.9 Å². The molecule has 0 aliphatic rings. The van der Waals surface area contributed by atoms with Crippen molar-refractivity contribution in [3.8, 4) is 0 Å². The number of amides is 1. The van der Waals surface area contributed by atoms with Crippen molar-refractivity contribution in [1.29, 1.82) is 0 Å². The predicted octanol–water partition coefficient (Wildman–Crippen LogP) is 4.09. The fourth-order valence-corrected chi connectivity index (χ4v) is 4.67. The van der Waals surface area contributed by atoms with E-state index in [1.165, 1.54) is 27.6 Å². The molecule has 1 aromatic carbocycles. The SMILES string of the molecule is Cc1cc2nnc(S[C@H](C)C(=O)NCCc3cccs3)n2c2ccccc12. The number of carbonyl (C=O) groups is 1. The van der Waals surface area contributed by atoms with E-state index >= 15 is 0 Å². The van der Waals surface area contributed by atoms with Crippen LogP contribution in [0.2, 0.25) is 0 Å². The second-order valence-corrected chi connectivity index (χ2v) is 8.74. The highest BCUT2D eigenvalue weighted by Crippen LogP contribution is 2.27. The van der Waals surface area contributed by atoms with Gasteiger partial charge in [0, 0.05) is 16.8 Å². The third-order valence-corrected chi connectivity index (χ3v) is 6.45. The van der Waals surface area contributed by atoms with E-state index in [1.54, 1.807) is 11.3 Å². The van der Waals surface area contributed by atoms with Gasteiger partial charge < -0.3 is 5.32 Å². The number of hydrogen-bond acceptors (Lipinski definition) is 5. The molecule has 1 atom stereocenters. The summed E-state index contributed by atoms with van der Waals surface area (Å²) in [5.74, 6) is 0.0183. The van der Waals surface area contributed by atoms with E-state index in [2.05, 4.69) is 46.0 Å². The molecule has 3 heterocycles. The fourth-order valence-electron chi connectivity index (χ4n) is 3.07. The second kappa shape index (κ2) is 7.70. The molecule has 4 aromatic rings. The van der Waals surface area contributed by atoms with E-state index in [-0.39, 0.29) is 11.2 Å². The molecule has 0 aliphatic carbocycles. The highest BCUT2D eigenvalue weighted by Gasteiger charge is 2.19. The number of nitrogens with zero attached hydrogens (tertiary/aromatic N) is 3. The minimum Gasteiger partial charge on any atom is -0.355 e. The van der Waals surface area contributed by atoms with Crippen molar-refractivity contribution in [2.45, 2.75) is 30.7 Å². The number of hydrogen-bond donors (Lipinski definition) is 1. The largest absolute Gasteiger partial charge is 0.355 e. The Bertz CT molecular complexity index is 1090. The lowest BCUT2D eigenvalue weighted by Gasteiger charge is -2.12. The molecular formula is C20H20N4OS2. The molecule has 0 fully saturated rings. The molecular weight excluding hydrogens is 376 g/mol. The molecule has 138 valence electrons. The van der Waals surface area contributed by atoms with Gasteiger partial charge in [0.25, 0.3) is 0 Å². The van der Waals surface area contributed by atoms with Crippen LogP contribution in [-0.2, 0) is 11.2 Å². The summed E-state index contributed by atoms with van der Waals surface area (Å²) in [5, 5.41) is 15.4. The van der Waals surface area contributed by atoms with Gasteiger partial charge in [0.15, 0.2) is 10.8 Å². The number of carbonyl (C=O) groups excluding carboxylic acids is 1.